The number of nitrogens with zero attached hydrogens (tertiary/aromatic N) is 1. The second-order valence-electron chi connectivity index (χ2n) is 7.04. The highest BCUT2D eigenvalue weighted by Gasteiger charge is 2.44. The van der Waals surface area contributed by atoms with Crippen molar-refractivity contribution in [1.29, 1.82) is 0 Å². The van der Waals surface area contributed by atoms with Gasteiger partial charge in [0.1, 0.15) is 5.75 Å². The lowest BCUT2D eigenvalue weighted by molar-refractivity contribution is -0.123. The first-order valence-corrected chi connectivity index (χ1v) is 9.08. The quantitative estimate of drug-likeness (QED) is 0.899. The Bertz CT molecular complexity index is 765. The summed E-state index contributed by atoms with van der Waals surface area (Å²) in [5.41, 5.74) is 2.06. The van der Waals surface area contributed by atoms with E-state index >= 15 is 0 Å². The second kappa shape index (κ2) is 7.48. The van der Waals surface area contributed by atoms with Gasteiger partial charge in [-0.25, -0.2) is 0 Å². The maximum absolute atomic E-state index is 12.7. The van der Waals surface area contributed by atoms with Crippen LogP contribution in [-0.2, 0) is 16.1 Å². The standard InChI is InChI=1S/C21H24N2O3/c1-25-17-9-5-6-15(10-17)12-23-13-18-11-19(20(14-23)26-18)21(24)22-16-7-3-2-4-8-16/h2-10,18-20H,11-14H2,1H3,(H,22,24)/t18-,19-,20+/m0/s1. The lowest BCUT2D eigenvalue weighted by atomic mass is 9.99. The molecule has 2 fully saturated rings. The summed E-state index contributed by atoms with van der Waals surface area (Å²) in [7, 11) is 1.68. The van der Waals surface area contributed by atoms with Crippen molar-refractivity contribution < 1.29 is 14.3 Å². The van der Waals surface area contributed by atoms with Gasteiger partial charge in [-0.2, -0.15) is 0 Å². The number of hydrogen-bond donors (Lipinski definition) is 1. The molecule has 1 amide bonds. The van der Waals surface area contributed by atoms with Gasteiger partial charge in [0, 0.05) is 25.3 Å². The Balaban J connectivity index is 1.39. The Morgan fingerprint density at radius 3 is 2.85 bits per heavy atom. The highest BCUT2D eigenvalue weighted by atomic mass is 16.5. The van der Waals surface area contributed by atoms with E-state index in [1.165, 1.54) is 5.56 Å². The average Bonchev–Trinajstić information content (AvgIpc) is 2.97. The first-order chi connectivity index (χ1) is 12.7. The van der Waals surface area contributed by atoms with Gasteiger partial charge in [-0.15, -0.1) is 0 Å². The number of amides is 1. The molecule has 2 heterocycles. The molecule has 4 rings (SSSR count). The number of ether oxygens (including phenoxy) is 2. The van der Waals surface area contributed by atoms with Crippen LogP contribution < -0.4 is 10.1 Å². The summed E-state index contributed by atoms with van der Waals surface area (Å²) in [6.07, 6.45) is 0.881. The largest absolute Gasteiger partial charge is 0.497 e. The molecule has 5 heteroatoms. The van der Waals surface area contributed by atoms with Gasteiger partial charge in [-0.3, -0.25) is 9.69 Å². The minimum Gasteiger partial charge on any atom is -0.497 e. The molecule has 0 radical (unpaired) electrons. The molecule has 2 aromatic carbocycles. The first kappa shape index (κ1) is 17.1. The number of nitrogens with one attached hydrogen (secondary N) is 1. The predicted octanol–water partition coefficient (Wildman–Crippen LogP) is 2.92. The van der Waals surface area contributed by atoms with Crippen LogP contribution in [0.1, 0.15) is 12.0 Å². The van der Waals surface area contributed by atoms with E-state index in [0.29, 0.717) is 0 Å². The van der Waals surface area contributed by atoms with Crippen molar-refractivity contribution in [3.8, 4) is 5.75 Å². The summed E-state index contributed by atoms with van der Waals surface area (Å²) >= 11 is 0. The van der Waals surface area contributed by atoms with Gasteiger partial charge >= 0.3 is 0 Å². The van der Waals surface area contributed by atoms with Gasteiger partial charge in [0.05, 0.1) is 25.2 Å². The van der Waals surface area contributed by atoms with Crippen LogP contribution in [-0.4, -0.2) is 43.2 Å². The van der Waals surface area contributed by atoms with E-state index in [9.17, 15) is 4.79 Å². The third kappa shape index (κ3) is 3.74. The zero-order chi connectivity index (χ0) is 17.9. The number of benzene rings is 2. The zero-order valence-corrected chi connectivity index (χ0v) is 14.9. The lowest BCUT2D eigenvalue weighted by Gasteiger charge is -2.32. The van der Waals surface area contributed by atoms with Crippen molar-refractivity contribution in [3.05, 3.63) is 60.2 Å². The minimum atomic E-state index is -0.0875. The minimum absolute atomic E-state index is 0.0388. The van der Waals surface area contributed by atoms with E-state index in [1.54, 1.807) is 7.11 Å². The third-order valence-electron chi connectivity index (χ3n) is 5.15. The first-order valence-electron chi connectivity index (χ1n) is 9.08. The maximum Gasteiger partial charge on any atom is 0.230 e. The summed E-state index contributed by atoms with van der Waals surface area (Å²) in [5.74, 6) is 0.848. The molecule has 0 unspecified atom stereocenters. The van der Waals surface area contributed by atoms with E-state index in [2.05, 4.69) is 22.3 Å². The maximum atomic E-state index is 12.7. The van der Waals surface area contributed by atoms with E-state index in [4.69, 9.17) is 9.47 Å². The molecule has 2 aromatic rings. The van der Waals surface area contributed by atoms with Crippen LogP contribution in [0.5, 0.6) is 5.75 Å². The lowest BCUT2D eigenvalue weighted by Crippen LogP contribution is -2.44. The highest BCUT2D eigenvalue weighted by Crippen LogP contribution is 2.33. The fourth-order valence-corrected chi connectivity index (χ4v) is 3.93. The SMILES string of the molecule is COc1cccc(CN2C[C@@H]3C[C@H](C(=O)Nc4ccccc4)[C@@H](C2)O3)c1. The van der Waals surface area contributed by atoms with Gasteiger partial charge in [-0.05, 0) is 36.2 Å². The molecule has 1 N–H and O–H groups in total. The molecule has 3 atom stereocenters. The monoisotopic (exact) mass is 352 g/mol. The van der Waals surface area contributed by atoms with Crippen LogP contribution in [0, 0.1) is 5.92 Å². The average molecular weight is 352 g/mol. The molecule has 0 saturated carbocycles. The van der Waals surface area contributed by atoms with Crippen LogP contribution in [0.2, 0.25) is 0 Å². The number of methoxy groups -OCH3 is 1. The Morgan fingerprint density at radius 2 is 2.04 bits per heavy atom. The molecule has 136 valence electrons. The van der Waals surface area contributed by atoms with Crippen LogP contribution in [0.15, 0.2) is 54.6 Å². The number of carbonyl (C=O) groups excluding carboxylic acids is 1. The van der Waals surface area contributed by atoms with Gasteiger partial charge in [0.15, 0.2) is 0 Å². The van der Waals surface area contributed by atoms with Gasteiger partial charge in [0.25, 0.3) is 0 Å². The Labute approximate surface area is 153 Å². The van der Waals surface area contributed by atoms with E-state index in [-0.39, 0.29) is 24.0 Å². The van der Waals surface area contributed by atoms with Crippen LogP contribution in [0.25, 0.3) is 0 Å². The normalized spacial score (nSPS) is 25.0. The topological polar surface area (TPSA) is 50.8 Å². The molecule has 26 heavy (non-hydrogen) atoms. The van der Waals surface area contributed by atoms with Gasteiger partial charge in [0.2, 0.25) is 5.91 Å². The number of rotatable bonds is 5. The van der Waals surface area contributed by atoms with Crippen molar-refractivity contribution in [3.63, 3.8) is 0 Å². The summed E-state index contributed by atoms with van der Waals surface area (Å²) in [6, 6.07) is 17.8. The van der Waals surface area contributed by atoms with Crippen molar-refractivity contribution in [2.45, 2.75) is 25.2 Å². The van der Waals surface area contributed by atoms with Crippen LogP contribution >= 0.6 is 0 Å². The smallest absolute Gasteiger partial charge is 0.230 e. The Kier molecular flexibility index (Phi) is 4.91. The molecular weight excluding hydrogens is 328 g/mol. The van der Waals surface area contributed by atoms with Crippen molar-refractivity contribution in [1.82, 2.24) is 4.90 Å². The molecule has 0 aromatic heterocycles. The van der Waals surface area contributed by atoms with E-state index < -0.39 is 0 Å². The summed E-state index contributed by atoms with van der Waals surface area (Å²) in [4.78, 5) is 15.1. The summed E-state index contributed by atoms with van der Waals surface area (Å²) < 4.78 is 11.4. The van der Waals surface area contributed by atoms with E-state index in [0.717, 1.165) is 37.5 Å². The number of para-hydroxylation sites is 1. The van der Waals surface area contributed by atoms with Crippen LogP contribution in [0.4, 0.5) is 5.69 Å². The Morgan fingerprint density at radius 1 is 1.19 bits per heavy atom. The van der Waals surface area contributed by atoms with Crippen LogP contribution in [0.3, 0.4) is 0 Å². The zero-order valence-electron chi connectivity index (χ0n) is 14.9. The highest BCUT2D eigenvalue weighted by molar-refractivity contribution is 5.93. The fraction of sp³-hybridized carbons (Fsp3) is 0.381. The number of morpholine rings is 1. The van der Waals surface area contributed by atoms with Gasteiger partial charge in [-0.1, -0.05) is 30.3 Å². The molecule has 2 aliphatic heterocycles. The number of fused-ring (bicyclic) bond motifs is 2. The molecule has 0 aliphatic carbocycles. The van der Waals surface area contributed by atoms with Crippen molar-refractivity contribution in [2.75, 3.05) is 25.5 Å². The predicted molar refractivity (Wildman–Crippen MR) is 100 cm³/mol. The molecule has 2 saturated heterocycles. The molecule has 2 bridgehead atoms. The van der Waals surface area contributed by atoms with Gasteiger partial charge < -0.3 is 14.8 Å². The number of hydrogen-bond acceptors (Lipinski definition) is 4. The molecule has 5 nitrogen and oxygen atoms in total. The molecule has 0 spiro atoms. The second-order valence-corrected chi connectivity index (χ2v) is 7.04. The summed E-state index contributed by atoms with van der Waals surface area (Å²) in [6.45, 7) is 2.49. The third-order valence-corrected chi connectivity index (χ3v) is 5.15. The number of carbonyl (C=O) groups is 1. The number of likely N-dealkylation sites (tertiary alicyclic amines) is 1. The van der Waals surface area contributed by atoms with Crippen molar-refractivity contribution in [2.24, 2.45) is 5.92 Å². The van der Waals surface area contributed by atoms with E-state index in [1.807, 2.05) is 42.5 Å². The number of anilines is 1. The Hall–Kier alpha value is -2.37. The summed E-state index contributed by atoms with van der Waals surface area (Å²) in [5, 5.41) is 3.02. The fourth-order valence-electron chi connectivity index (χ4n) is 3.93. The van der Waals surface area contributed by atoms with Crippen molar-refractivity contribution >= 4 is 11.6 Å². The molecule has 2 aliphatic rings. The molecular formula is C21H24N2O3.